The van der Waals surface area contributed by atoms with Gasteiger partial charge in [-0.15, -0.1) is 0 Å². The second-order valence-electron chi connectivity index (χ2n) is 4.06. The summed E-state index contributed by atoms with van der Waals surface area (Å²) in [4.78, 5) is 16.1. The lowest BCUT2D eigenvalue weighted by Gasteiger charge is -2.02. The minimum atomic E-state index is 0.224. The minimum absolute atomic E-state index is 0.224. The fourth-order valence-electron chi connectivity index (χ4n) is 1.76. The number of fused-ring (bicyclic) bond motifs is 1. The van der Waals surface area contributed by atoms with E-state index >= 15 is 0 Å². The molecule has 1 N–H and O–H groups in total. The second-order valence-corrected chi connectivity index (χ2v) is 4.06. The van der Waals surface area contributed by atoms with E-state index in [-0.39, 0.29) is 5.78 Å². The first-order chi connectivity index (χ1) is 8.29. The van der Waals surface area contributed by atoms with E-state index in [1.165, 1.54) is 0 Å². The fourth-order valence-corrected chi connectivity index (χ4v) is 1.76. The maximum Gasteiger partial charge on any atom is 0.140 e. The van der Waals surface area contributed by atoms with Gasteiger partial charge < -0.3 is 5.32 Å². The van der Waals surface area contributed by atoms with Gasteiger partial charge in [0.1, 0.15) is 5.78 Å². The minimum Gasteiger partial charge on any atom is -0.319 e. The van der Waals surface area contributed by atoms with E-state index in [4.69, 9.17) is 0 Å². The lowest BCUT2D eigenvalue weighted by atomic mass is 10.1. The molecule has 0 saturated carbocycles. The van der Waals surface area contributed by atoms with Crippen LogP contribution in [0.1, 0.15) is 12.1 Å². The van der Waals surface area contributed by atoms with Gasteiger partial charge in [-0.05, 0) is 19.2 Å². The smallest absolute Gasteiger partial charge is 0.140 e. The Labute approximate surface area is 101 Å². The summed E-state index contributed by atoms with van der Waals surface area (Å²) in [5, 5.41) is 4.08. The van der Waals surface area contributed by atoms with Crippen molar-refractivity contribution < 1.29 is 4.79 Å². The number of ketones is 1. The van der Waals surface area contributed by atoms with Crippen LogP contribution in [0, 0.1) is 0 Å². The van der Waals surface area contributed by atoms with Gasteiger partial charge in [0.2, 0.25) is 0 Å². The van der Waals surface area contributed by atoms with E-state index < -0.39 is 0 Å². The Hall–Kier alpha value is -1.74. The summed E-state index contributed by atoms with van der Waals surface area (Å²) in [6.45, 7) is 0.729. The third-order valence-electron chi connectivity index (χ3n) is 2.69. The standard InChI is InChI=1S/C14H16N2O/c1-15-9-8-13(17)10-12-7-6-11-4-2-3-5-14(11)16-12/h2-7,15H,8-10H2,1H3. The molecular formula is C14H16N2O. The highest BCUT2D eigenvalue weighted by Crippen LogP contribution is 2.12. The number of nitrogens with zero attached hydrogens (tertiary/aromatic N) is 1. The summed E-state index contributed by atoms with van der Waals surface area (Å²) in [7, 11) is 1.85. The third-order valence-corrected chi connectivity index (χ3v) is 2.69. The zero-order chi connectivity index (χ0) is 12.1. The molecule has 0 atom stereocenters. The number of Topliss-reactive ketones (excluding diaryl/α,β-unsaturated/α-hetero) is 1. The van der Waals surface area contributed by atoms with Gasteiger partial charge in [-0.25, -0.2) is 0 Å². The molecule has 1 aromatic carbocycles. The average molecular weight is 228 g/mol. The van der Waals surface area contributed by atoms with Crippen molar-refractivity contribution >= 4 is 16.7 Å². The van der Waals surface area contributed by atoms with Gasteiger partial charge in [0, 0.05) is 30.5 Å². The maximum absolute atomic E-state index is 11.6. The molecule has 0 unspecified atom stereocenters. The van der Waals surface area contributed by atoms with E-state index in [0.29, 0.717) is 12.8 Å². The normalized spacial score (nSPS) is 10.6. The van der Waals surface area contributed by atoms with Gasteiger partial charge >= 0.3 is 0 Å². The first-order valence-electron chi connectivity index (χ1n) is 5.80. The molecule has 0 bridgehead atoms. The molecule has 3 heteroatoms. The van der Waals surface area contributed by atoms with Crippen molar-refractivity contribution in [1.29, 1.82) is 0 Å². The van der Waals surface area contributed by atoms with Crippen LogP contribution in [0.25, 0.3) is 10.9 Å². The highest BCUT2D eigenvalue weighted by Gasteiger charge is 2.05. The molecular weight excluding hydrogens is 212 g/mol. The number of carbonyl (C=O) groups excluding carboxylic acids is 1. The Morgan fingerprint density at radius 1 is 1.24 bits per heavy atom. The topological polar surface area (TPSA) is 42.0 Å². The predicted octanol–water partition coefficient (Wildman–Crippen LogP) is 1.96. The number of aromatic nitrogens is 1. The summed E-state index contributed by atoms with van der Waals surface area (Å²) < 4.78 is 0. The van der Waals surface area contributed by atoms with Crippen LogP contribution in [0.4, 0.5) is 0 Å². The number of rotatable bonds is 5. The maximum atomic E-state index is 11.6. The Morgan fingerprint density at radius 3 is 2.88 bits per heavy atom. The third kappa shape index (κ3) is 3.11. The summed E-state index contributed by atoms with van der Waals surface area (Å²) in [6.07, 6.45) is 0.984. The zero-order valence-electron chi connectivity index (χ0n) is 9.94. The number of para-hydroxylation sites is 1. The number of hydrogen-bond donors (Lipinski definition) is 1. The number of carbonyl (C=O) groups is 1. The molecule has 1 aromatic heterocycles. The van der Waals surface area contributed by atoms with Gasteiger partial charge in [-0.1, -0.05) is 24.3 Å². The quantitative estimate of drug-likeness (QED) is 0.850. The molecule has 0 spiro atoms. The van der Waals surface area contributed by atoms with Crippen molar-refractivity contribution in [2.45, 2.75) is 12.8 Å². The fraction of sp³-hybridized carbons (Fsp3) is 0.286. The molecule has 0 fully saturated rings. The second kappa shape index (κ2) is 5.55. The van der Waals surface area contributed by atoms with Crippen LogP contribution < -0.4 is 5.32 Å². The lowest BCUT2D eigenvalue weighted by Crippen LogP contribution is -2.14. The summed E-state index contributed by atoms with van der Waals surface area (Å²) in [6, 6.07) is 11.9. The first-order valence-corrected chi connectivity index (χ1v) is 5.80. The van der Waals surface area contributed by atoms with Gasteiger partial charge in [0.25, 0.3) is 0 Å². The van der Waals surface area contributed by atoms with E-state index in [1.807, 2.05) is 43.4 Å². The van der Waals surface area contributed by atoms with Gasteiger partial charge in [-0.2, -0.15) is 0 Å². The molecule has 2 aromatic rings. The van der Waals surface area contributed by atoms with E-state index in [0.717, 1.165) is 23.1 Å². The van der Waals surface area contributed by atoms with E-state index in [1.54, 1.807) is 0 Å². The molecule has 1 heterocycles. The number of benzene rings is 1. The molecule has 2 rings (SSSR count). The Bertz CT molecular complexity index is 522. The number of nitrogens with one attached hydrogen (secondary N) is 1. The van der Waals surface area contributed by atoms with E-state index in [9.17, 15) is 4.79 Å². The van der Waals surface area contributed by atoms with Crippen molar-refractivity contribution in [3.63, 3.8) is 0 Å². The predicted molar refractivity (Wildman–Crippen MR) is 69.0 cm³/mol. The van der Waals surface area contributed by atoms with Crippen LogP contribution in [-0.2, 0) is 11.2 Å². The SMILES string of the molecule is CNCCC(=O)Cc1ccc2ccccc2n1. The molecule has 0 amide bonds. The van der Waals surface area contributed by atoms with Crippen molar-refractivity contribution in [1.82, 2.24) is 10.3 Å². The van der Waals surface area contributed by atoms with Crippen molar-refractivity contribution in [2.24, 2.45) is 0 Å². The Kier molecular flexibility index (Phi) is 3.83. The summed E-state index contributed by atoms with van der Waals surface area (Å²) >= 11 is 0. The molecule has 17 heavy (non-hydrogen) atoms. The van der Waals surface area contributed by atoms with Crippen LogP contribution in [0.15, 0.2) is 36.4 Å². The molecule has 3 nitrogen and oxygen atoms in total. The van der Waals surface area contributed by atoms with Crippen molar-refractivity contribution in [2.75, 3.05) is 13.6 Å². The van der Waals surface area contributed by atoms with Gasteiger partial charge in [0.15, 0.2) is 0 Å². The van der Waals surface area contributed by atoms with Crippen LogP contribution in [0.5, 0.6) is 0 Å². The van der Waals surface area contributed by atoms with E-state index in [2.05, 4.69) is 10.3 Å². The molecule has 0 radical (unpaired) electrons. The molecule has 0 aliphatic rings. The molecule has 0 saturated heterocycles. The summed E-state index contributed by atoms with van der Waals surface area (Å²) in [5.74, 6) is 0.224. The van der Waals surface area contributed by atoms with Gasteiger partial charge in [-0.3, -0.25) is 9.78 Å². The molecule has 88 valence electrons. The average Bonchev–Trinajstić information content (AvgIpc) is 2.36. The van der Waals surface area contributed by atoms with Crippen LogP contribution in [0.2, 0.25) is 0 Å². The summed E-state index contributed by atoms with van der Waals surface area (Å²) in [5.41, 5.74) is 1.80. The molecule has 0 aliphatic carbocycles. The first kappa shape index (κ1) is 11.7. The van der Waals surface area contributed by atoms with Crippen LogP contribution in [-0.4, -0.2) is 24.4 Å². The zero-order valence-corrected chi connectivity index (χ0v) is 9.94. The highest BCUT2D eigenvalue weighted by atomic mass is 16.1. The van der Waals surface area contributed by atoms with Crippen molar-refractivity contribution in [3.05, 3.63) is 42.1 Å². The highest BCUT2D eigenvalue weighted by molar-refractivity contribution is 5.82. The Morgan fingerprint density at radius 2 is 2.06 bits per heavy atom. The Balaban J connectivity index is 2.11. The van der Waals surface area contributed by atoms with Crippen molar-refractivity contribution in [3.8, 4) is 0 Å². The van der Waals surface area contributed by atoms with Crippen LogP contribution in [0.3, 0.4) is 0 Å². The van der Waals surface area contributed by atoms with Gasteiger partial charge in [0.05, 0.1) is 5.52 Å². The molecule has 0 aliphatic heterocycles. The number of hydrogen-bond acceptors (Lipinski definition) is 3. The van der Waals surface area contributed by atoms with Crippen LogP contribution >= 0.6 is 0 Å². The monoisotopic (exact) mass is 228 g/mol. The number of pyridine rings is 1. The lowest BCUT2D eigenvalue weighted by molar-refractivity contribution is -0.118. The largest absolute Gasteiger partial charge is 0.319 e.